The maximum Gasteiger partial charge on any atom is 0.362 e. The van der Waals surface area contributed by atoms with Gasteiger partial charge in [0.2, 0.25) is 0 Å². The number of allylic oxidation sites excluding steroid dienone is 1. The van der Waals surface area contributed by atoms with Gasteiger partial charge in [-0.15, -0.1) is 0 Å². The van der Waals surface area contributed by atoms with E-state index in [2.05, 4.69) is 26.0 Å². The minimum Gasteiger partial charge on any atom is -0.483 e. The Labute approximate surface area is 156 Å². The predicted octanol–water partition coefficient (Wildman–Crippen LogP) is 5.20. The summed E-state index contributed by atoms with van der Waals surface area (Å²) in [6.07, 6.45) is 13.0. The molecule has 0 fully saturated rings. The first-order valence-corrected chi connectivity index (χ1v) is 11.3. The van der Waals surface area contributed by atoms with Crippen molar-refractivity contribution >= 4 is 7.60 Å². The highest BCUT2D eigenvalue weighted by molar-refractivity contribution is 7.51. The van der Waals surface area contributed by atoms with Gasteiger partial charge in [0.1, 0.15) is 17.1 Å². The van der Waals surface area contributed by atoms with E-state index in [0.29, 0.717) is 5.75 Å². The summed E-state index contributed by atoms with van der Waals surface area (Å²) in [7, 11) is -4.17. The van der Waals surface area contributed by atoms with E-state index < -0.39 is 13.9 Å². The summed E-state index contributed by atoms with van der Waals surface area (Å²) < 4.78 is 22.3. The second kappa shape index (κ2) is 9.59. The van der Waals surface area contributed by atoms with Gasteiger partial charge in [-0.3, -0.25) is 4.57 Å². The summed E-state index contributed by atoms with van der Waals surface area (Å²) in [5.41, 5.74) is 0.712. The highest BCUT2D eigenvalue weighted by atomic mass is 31.2. The van der Waals surface area contributed by atoms with Crippen LogP contribution in [0.5, 0.6) is 11.5 Å². The predicted molar refractivity (Wildman–Crippen MR) is 104 cm³/mol. The normalized spacial score (nSPS) is 20.0. The lowest BCUT2D eigenvalue weighted by Crippen LogP contribution is -2.34. The van der Waals surface area contributed by atoms with E-state index in [4.69, 9.17) is 19.3 Å². The number of aryl methyl sites for hydroxylation is 1. The zero-order valence-corrected chi connectivity index (χ0v) is 16.7. The van der Waals surface area contributed by atoms with E-state index in [9.17, 15) is 4.57 Å². The van der Waals surface area contributed by atoms with Gasteiger partial charge in [0.15, 0.2) is 6.35 Å². The molecule has 2 rings (SSSR count). The fourth-order valence-corrected chi connectivity index (χ4v) is 3.42. The standard InChI is InChI=1S/C20H31O5P/c1-3-4-5-6-7-8-9-13-20(2)14-12-17-15-18(10-11-19(17)25-20)24-16-26(21,22)23/h9-11,13,15H,3-8,12,14,16H2,1-2H3,(H2,21,22,23)/b13-9+. The first-order valence-electron chi connectivity index (χ1n) is 9.48. The van der Waals surface area contributed by atoms with Crippen molar-refractivity contribution in [2.45, 2.75) is 70.8 Å². The largest absolute Gasteiger partial charge is 0.483 e. The van der Waals surface area contributed by atoms with E-state index in [0.717, 1.165) is 30.6 Å². The molecule has 0 radical (unpaired) electrons. The molecule has 1 aliphatic heterocycles. The van der Waals surface area contributed by atoms with Crippen LogP contribution in [-0.2, 0) is 11.0 Å². The Hall–Kier alpha value is -1.29. The smallest absolute Gasteiger partial charge is 0.362 e. The van der Waals surface area contributed by atoms with Crippen LogP contribution in [0.25, 0.3) is 0 Å². The molecule has 1 aromatic carbocycles. The van der Waals surface area contributed by atoms with Crippen LogP contribution in [-0.4, -0.2) is 21.7 Å². The zero-order chi connectivity index (χ0) is 19.0. The SMILES string of the molecule is CCCCCCC/C=C/C1(C)CCc2cc(OCP(=O)(O)O)ccc2O1. The molecule has 5 nitrogen and oxygen atoms in total. The van der Waals surface area contributed by atoms with Gasteiger partial charge in [0.25, 0.3) is 0 Å². The Morgan fingerprint density at radius 2 is 2.04 bits per heavy atom. The molecule has 6 heteroatoms. The molecular weight excluding hydrogens is 351 g/mol. The van der Waals surface area contributed by atoms with Crippen molar-refractivity contribution in [1.82, 2.24) is 0 Å². The summed E-state index contributed by atoms with van der Waals surface area (Å²) in [4.78, 5) is 17.8. The van der Waals surface area contributed by atoms with Gasteiger partial charge in [-0.05, 0) is 62.4 Å². The first kappa shape index (κ1) is 21.0. The zero-order valence-electron chi connectivity index (χ0n) is 15.8. The van der Waals surface area contributed by atoms with Crippen molar-refractivity contribution in [2.24, 2.45) is 0 Å². The summed E-state index contributed by atoms with van der Waals surface area (Å²) in [6, 6.07) is 5.32. The van der Waals surface area contributed by atoms with E-state index in [1.54, 1.807) is 6.07 Å². The highest BCUT2D eigenvalue weighted by Gasteiger charge is 2.29. The van der Waals surface area contributed by atoms with Crippen LogP contribution >= 0.6 is 7.60 Å². The maximum atomic E-state index is 10.9. The van der Waals surface area contributed by atoms with Crippen LogP contribution in [0.15, 0.2) is 30.4 Å². The molecule has 1 aliphatic rings. The van der Waals surface area contributed by atoms with Gasteiger partial charge in [-0.1, -0.05) is 38.7 Å². The molecule has 0 aliphatic carbocycles. The Balaban J connectivity index is 1.87. The average molecular weight is 382 g/mol. The number of hydrogen-bond acceptors (Lipinski definition) is 3. The summed E-state index contributed by atoms with van der Waals surface area (Å²) >= 11 is 0. The molecule has 1 heterocycles. The van der Waals surface area contributed by atoms with Crippen LogP contribution in [0.2, 0.25) is 0 Å². The fourth-order valence-electron chi connectivity index (χ4n) is 3.10. The lowest BCUT2D eigenvalue weighted by atomic mass is 9.91. The minimum atomic E-state index is -4.17. The van der Waals surface area contributed by atoms with Crippen molar-refractivity contribution in [3.05, 3.63) is 35.9 Å². The molecule has 1 atom stereocenters. The number of rotatable bonds is 10. The van der Waals surface area contributed by atoms with Gasteiger partial charge < -0.3 is 19.3 Å². The van der Waals surface area contributed by atoms with Crippen molar-refractivity contribution in [3.63, 3.8) is 0 Å². The summed E-state index contributed by atoms with van der Waals surface area (Å²) in [5, 5.41) is 0. The quantitative estimate of drug-likeness (QED) is 0.330. The molecule has 0 saturated heterocycles. The van der Waals surface area contributed by atoms with Gasteiger partial charge in [0, 0.05) is 0 Å². The molecule has 0 aromatic heterocycles. The number of benzene rings is 1. The van der Waals surface area contributed by atoms with Crippen molar-refractivity contribution in [1.29, 1.82) is 0 Å². The minimum absolute atomic E-state index is 0.301. The number of fused-ring (bicyclic) bond motifs is 1. The van der Waals surface area contributed by atoms with Gasteiger partial charge in [-0.25, -0.2) is 0 Å². The second-order valence-corrected chi connectivity index (χ2v) is 8.82. The van der Waals surface area contributed by atoms with E-state index in [1.807, 2.05) is 12.1 Å². The van der Waals surface area contributed by atoms with E-state index in [-0.39, 0.29) is 5.60 Å². The molecule has 0 spiro atoms. The molecule has 146 valence electrons. The lowest BCUT2D eigenvalue weighted by Gasteiger charge is -2.33. The van der Waals surface area contributed by atoms with Crippen LogP contribution < -0.4 is 9.47 Å². The number of ether oxygens (including phenoxy) is 2. The van der Waals surface area contributed by atoms with Crippen LogP contribution in [0.4, 0.5) is 0 Å². The average Bonchev–Trinajstić information content (AvgIpc) is 2.58. The Morgan fingerprint density at radius 3 is 2.77 bits per heavy atom. The van der Waals surface area contributed by atoms with Crippen molar-refractivity contribution in [2.75, 3.05) is 6.35 Å². The van der Waals surface area contributed by atoms with E-state index in [1.165, 1.54) is 32.1 Å². The Morgan fingerprint density at radius 1 is 1.27 bits per heavy atom. The fraction of sp³-hybridized carbons (Fsp3) is 0.600. The highest BCUT2D eigenvalue weighted by Crippen LogP contribution is 2.38. The van der Waals surface area contributed by atoms with Crippen LogP contribution in [0.3, 0.4) is 0 Å². The van der Waals surface area contributed by atoms with E-state index >= 15 is 0 Å². The molecule has 0 bridgehead atoms. The Bertz CT molecular complexity index is 652. The monoisotopic (exact) mass is 382 g/mol. The molecule has 1 unspecified atom stereocenters. The molecule has 2 N–H and O–H groups in total. The summed E-state index contributed by atoms with van der Waals surface area (Å²) in [5.74, 6) is 1.27. The molecule has 26 heavy (non-hydrogen) atoms. The summed E-state index contributed by atoms with van der Waals surface area (Å²) in [6.45, 7) is 4.33. The number of unbranched alkanes of at least 4 members (excludes halogenated alkanes) is 5. The lowest BCUT2D eigenvalue weighted by molar-refractivity contribution is 0.114. The Kier molecular flexibility index (Phi) is 7.75. The molecule has 1 aromatic rings. The molecular formula is C20H31O5P. The van der Waals surface area contributed by atoms with Crippen LogP contribution in [0, 0.1) is 0 Å². The van der Waals surface area contributed by atoms with Crippen LogP contribution in [0.1, 0.15) is 64.4 Å². The molecule has 0 amide bonds. The second-order valence-electron chi connectivity index (χ2n) is 7.23. The topological polar surface area (TPSA) is 76.0 Å². The first-order chi connectivity index (χ1) is 12.3. The third-order valence-electron chi connectivity index (χ3n) is 4.61. The number of hydrogen-bond donors (Lipinski definition) is 2. The van der Waals surface area contributed by atoms with Gasteiger partial charge >= 0.3 is 7.60 Å². The van der Waals surface area contributed by atoms with Gasteiger partial charge in [-0.2, -0.15) is 0 Å². The third kappa shape index (κ3) is 7.14. The van der Waals surface area contributed by atoms with Crippen molar-refractivity contribution < 1.29 is 23.8 Å². The third-order valence-corrected chi connectivity index (χ3v) is 5.08. The van der Waals surface area contributed by atoms with Crippen molar-refractivity contribution in [3.8, 4) is 11.5 Å². The molecule has 0 saturated carbocycles. The van der Waals surface area contributed by atoms with Gasteiger partial charge in [0.05, 0.1) is 0 Å². The maximum absolute atomic E-state index is 10.9.